The molecule has 0 saturated carbocycles. The van der Waals surface area contributed by atoms with Crippen LogP contribution in [0.25, 0.3) is 0 Å². The maximum absolute atomic E-state index is 6.51. The van der Waals surface area contributed by atoms with Crippen LogP contribution in [0, 0.1) is 28.6 Å². The fraction of sp³-hybridized carbons (Fsp3) is 0.923. The monoisotopic (exact) mass is 421 g/mol. The highest BCUT2D eigenvalue weighted by Crippen LogP contribution is 2.44. The van der Waals surface area contributed by atoms with Crippen LogP contribution in [0.15, 0.2) is 6.20 Å². The Labute approximate surface area is 187 Å². The van der Waals surface area contributed by atoms with Crippen molar-refractivity contribution in [3.05, 3.63) is 11.9 Å². The average Bonchev–Trinajstić information content (AvgIpc) is 3.10. The van der Waals surface area contributed by atoms with E-state index in [1.807, 2.05) is 4.68 Å². The second-order valence-corrected chi connectivity index (χ2v) is 12.5. The van der Waals surface area contributed by atoms with Crippen molar-refractivity contribution >= 4 is 0 Å². The second-order valence-electron chi connectivity index (χ2n) is 12.5. The fourth-order valence-corrected chi connectivity index (χ4v) is 3.71. The highest BCUT2D eigenvalue weighted by molar-refractivity contribution is 5.12. The van der Waals surface area contributed by atoms with E-state index in [0.717, 1.165) is 18.7 Å². The van der Waals surface area contributed by atoms with E-state index >= 15 is 0 Å². The third-order valence-electron chi connectivity index (χ3n) is 9.07. The van der Waals surface area contributed by atoms with Crippen molar-refractivity contribution in [1.82, 2.24) is 15.0 Å². The van der Waals surface area contributed by atoms with Gasteiger partial charge in [0.1, 0.15) is 0 Å². The molecule has 1 rings (SSSR count). The minimum atomic E-state index is -0.285. The molecule has 2 atom stereocenters. The zero-order chi connectivity index (χ0) is 23.7. The van der Waals surface area contributed by atoms with Gasteiger partial charge in [0, 0.05) is 23.6 Å². The van der Waals surface area contributed by atoms with Crippen LogP contribution >= 0.6 is 0 Å². The third-order valence-corrected chi connectivity index (χ3v) is 9.07. The molecule has 1 aromatic heterocycles. The molecule has 0 radical (unpaired) electrons. The Morgan fingerprint density at radius 1 is 0.900 bits per heavy atom. The molecule has 4 heteroatoms. The first kappa shape index (κ1) is 27.1. The van der Waals surface area contributed by atoms with Crippen molar-refractivity contribution in [3.8, 4) is 0 Å². The summed E-state index contributed by atoms with van der Waals surface area (Å²) in [5, 5.41) is 9.15. The van der Waals surface area contributed by atoms with E-state index in [-0.39, 0.29) is 27.9 Å². The van der Waals surface area contributed by atoms with Crippen molar-refractivity contribution < 1.29 is 4.74 Å². The molecule has 1 heterocycles. The maximum Gasteiger partial charge on any atom is 0.0886 e. The summed E-state index contributed by atoms with van der Waals surface area (Å²) < 4.78 is 8.55. The summed E-state index contributed by atoms with van der Waals surface area (Å²) in [6.07, 6.45) is 3.22. The lowest BCUT2D eigenvalue weighted by molar-refractivity contribution is -0.123. The van der Waals surface area contributed by atoms with Crippen molar-refractivity contribution in [2.45, 2.75) is 120 Å². The number of aromatic nitrogens is 3. The lowest BCUT2D eigenvalue weighted by Crippen LogP contribution is -2.47. The van der Waals surface area contributed by atoms with Gasteiger partial charge < -0.3 is 4.74 Å². The Morgan fingerprint density at radius 2 is 1.43 bits per heavy atom. The lowest BCUT2D eigenvalue weighted by Gasteiger charge is -2.45. The van der Waals surface area contributed by atoms with E-state index in [0.29, 0.717) is 17.8 Å². The summed E-state index contributed by atoms with van der Waals surface area (Å²) in [6.45, 7) is 32.7. The number of ether oxygens (including phenoxy) is 1. The van der Waals surface area contributed by atoms with Crippen LogP contribution in [0.2, 0.25) is 0 Å². The van der Waals surface area contributed by atoms with Gasteiger partial charge in [-0.3, -0.25) is 0 Å². The van der Waals surface area contributed by atoms with Gasteiger partial charge in [-0.05, 0) is 50.4 Å². The molecule has 0 aliphatic heterocycles. The quantitative estimate of drug-likeness (QED) is 0.376. The normalized spacial score (nSPS) is 16.4. The van der Waals surface area contributed by atoms with Crippen LogP contribution in [0.4, 0.5) is 0 Å². The summed E-state index contributed by atoms with van der Waals surface area (Å²) in [4.78, 5) is 0. The molecule has 0 spiro atoms. The van der Waals surface area contributed by atoms with Crippen molar-refractivity contribution in [1.29, 1.82) is 0 Å². The molecule has 0 aliphatic rings. The number of hydrogen-bond acceptors (Lipinski definition) is 3. The van der Waals surface area contributed by atoms with Crippen molar-refractivity contribution in [3.63, 3.8) is 0 Å². The Morgan fingerprint density at radius 3 is 1.90 bits per heavy atom. The predicted molar refractivity (Wildman–Crippen MR) is 129 cm³/mol. The van der Waals surface area contributed by atoms with Gasteiger partial charge in [-0.2, -0.15) is 0 Å². The van der Waals surface area contributed by atoms with E-state index in [1.165, 1.54) is 0 Å². The highest BCUT2D eigenvalue weighted by Gasteiger charge is 2.44. The molecule has 0 aromatic carbocycles. The molecular formula is C26H51N3O. The van der Waals surface area contributed by atoms with Gasteiger partial charge >= 0.3 is 0 Å². The number of rotatable bonds is 11. The van der Waals surface area contributed by atoms with Gasteiger partial charge in [0.2, 0.25) is 0 Å². The molecule has 0 saturated heterocycles. The van der Waals surface area contributed by atoms with E-state index < -0.39 is 0 Å². The summed E-state index contributed by atoms with van der Waals surface area (Å²) in [6, 6.07) is 0.164. The van der Waals surface area contributed by atoms with Crippen LogP contribution in [0.5, 0.6) is 0 Å². The smallest absolute Gasteiger partial charge is 0.0886 e. The highest BCUT2D eigenvalue weighted by atomic mass is 16.5. The van der Waals surface area contributed by atoms with Crippen molar-refractivity contribution in [2.24, 2.45) is 28.6 Å². The Kier molecular flexibility index (Phi) is 8.41. The standard InChI is InChI=1S/C26H51N3O/c1-18(2)20(5)24(9,10)22-17-29(28-27-22)21(6)25(11,12)26(13,14)30-16-15-23(7,8)19(3)4/h17-21H,15-16H2,1-14H3. The Bertz CT molecular complexity index is 668. The first-order chi connectivity index (χ1) is 13.4. The molecule has 0 aliphatic carbocycles. The van der Waals surface area contributed by atoms with Crippen LogP contribution < -0.4 is 0 Å². The average molecular weight is 422 g/mol. The van der Waals surface area contributed by atoms with E-state index in [9.17, 15) is 0 Å². The van der Waals surface area contributed by atoms with Crippen LogP contribution in [-0.2, 0) is 10.2 Å². The van der Waals surface area contributed by atoms with Crippen LogP contribution in [-0.4, -0.2) is 27.2 Å². The third kappa shape index (κ3) is 5.66. The molecule has 1 aromatic rings. The SMILES string of the molecule is CC(C)C(C)C(C)(C)c1cn(C(C)C(C)(C)C(C)(C)OCCC(C)(C)C(C)C)nn1. The second kappa shape index (κ2) is 9.30. The molecule has 0 amide bonds. The molecule has 0 bridgehead atoms. The maximum atomic E-state index is 6.51. The van der Waals surface area contributed by atoms with Gasteiger partial charge in [-0.25, -0.2) is 4.68 Å². The fourth-order valence-electron chi connectivity index (χ4n) is 3.71. The van der Waals surface area contributed by atoms with Gasteiger partial charge in [0.05, 0.1) is 17.3 Å². The minimum Gasteiger partial charge on any atom is -0.375 e. The molecule has 0 N–H and O–H groups in total. The first-order valence-electron chi connectivity index (χ1n) is 11.9. The van der Waals surface area contributed by atoms with Crippen LogP contribution in [0.1, 0.15) is 115 Å². The summed E-state index contributed by atoms with van der Waals surface area (Å²) in [5.74, 6) is 1.76. The zero-order valence-corrected chi connectivity index (χ0v) is 22.6. The molecule has 2 unspecified atom stereocenters. The first-order valence-corrected chi connectivity index (χ1v) is 11.9. The molecule has 4 nitrogen and oxygen atoms in total. The van der Waals surface area contributed by atoms with Gasteiger partial charge in [-0.15, -0.1) is 5.10 Å². The Hall–Kier alpha value is -0.900. The van der Waals surface area contributed by atoms with E-state index in [2.05, 4.69) is 113 Å². The van der Waals surface area contributed by atoms with E-state index in [4.69, 9.17) is 4.74 Å². The number of hydrogen-bond donors (Lipinski definition) is 0. The minimum absolute atomic E-state index is 0.00920. The molecule has 176 valence electrons. The number of nitrogens with zero attached hydrogens (tertiary/aromatic N) is 3. The lowest BCUT2D eigenvalue weighted by atomic mass is 9.71. The summed E-state index contributed by atoms with van der Waals surface area (Å²) in [7, 11) is 0. The molecule has 30 heavy (non-hydrogen) atoms. The van der Waals surface area contributed by atoms with Gasteiger partial charge in [0.15, 0.2) is 0 Å². The topological polar surface area (TPSA) is 39.9 Å². The van der Waals surface area contributed by atoms with Crippen molar-refractivity contribution in [2.75, 3.05) is 6.61 Å². The summed E-state index contributed by atoms with van der Waals surface area (Å²) in [5.41, 5.74) is 0.944. The van der Waals surface area contributed by atoms with Gasteiger partial charge in [-0.1, -0.05) is 81.4 Å². The van der Waals surface area contributed by atoms with Gasteiger partial charge in [0.25, 0.3) is 0 Å². The molecule has 0 fully saturated rings. The zero-order valence-electron chi connectivity index (χ0n) is 22.6. The predicted octanol–water partition coefficient (Wildman–Crippen LogP) is 7.30. The van der Waals surface area contributed by atoms with Crippen LogP contribution in [0.3, 0.4) is 0 Å². The molecular weight excluding hydrogens is 370 g/mol. The Balaban J connectivity index is 2.98. The van der Waals surface area contributed by atoms with E-state index in [1.54, 1.807) is 0 Å². The summed E-state index contributed by atoms with van der Waals surface area (Å²) >= 11 is 0. The largest absolute Gasteiger partial charge is 0.375 e.